The van der Waals surface area contributed by atoms with Crippen molar-refractivity contribution in [2.45, 2.75) is 51.7 Å². The lowest BCUT2D eigenvalue weighted by Gasteiger charge is -2.27. The molecule has 19 heavy (non-hydrogen) atoms. The van der Waals surface area contributed by atoms with Crippen LogP contribution in [0.15, 0.2) is 24.3 Å². The van der Waals surface area contributed by atoms with Gasteiger partial charge in [0.1, 0.15) is 5.75 Å². The maximum atomic E-state index is 9.51. The Kier molecular flexibility index (Phi) is 5.08. The molecule has 0 saturated heterocycles. The minimum Gasteiger partial charge on any atom is -0.493 e. The molecule has 0 spiro atoms. The molecule has 1 aromatic rings. The van der Waals surface area contributed by atoms with Crippen LogP contribution in [0.2, 0.25) is 0 Å². The van der Waals surface area contributed by atoms with Crippen molar-refractivity contribution in [2.24, 2.45) is 5.92 Å². The van der Waals surface area contributed by atoms with E-state index >= 15 is 0 Å². The molecule has 0 radical (unpaired) electrons. The van der Waals surface area contributed by atoms with Crippen LogP contribution in [-0.2, 0) is 0 Å². The summed E-state index contributed by atoms with van der Waals surface area (Å²) < 4.78 is 5.73. The SMILES string of the molecule is CC(C)COc1cccc(NC2CCC(O)CC2)c1. The third kappa shape index (κ3) is 4.75. The van der Waals surface area contributed by atoms with Gasteiger partial charge < -0.3 is 15.2 Å². The van der Waals surface area contributed by atoms with Gasteiger partial charge in [-0.25, -0.2) is 0 Å². The predicted octanol–water partition coefficient (Wildman–Crippen LogP) is 3.44. The van der Waals surface area contributed by atoms with Crippen molar-refractivity contribution in [3.8, 4) is 5.75 Å². The van der Waals surface area contributed by atoms with Crippen molar-refractivity contribution in [2.75, 3.05) is 11.9 Å². The third-order valence-corrected chi connectivity index (χ3v) is 3.48. The predicted molar refractivity (Wildman–Crippen MR) is 78.7 cm³/mol. The van der Waals surface area contributed by atoms with Gasteiger partial charge >= 0.3 is 0 Å². The van der Waals surface area contributed by atoms with Crippen molar-refractivity contribution < 1.29 is 9.84 Å². The average molecular weight is 263 g/mol. The first-order valence-corrected chi connectivity index (χ1v) is 7.31. The highest BCUT2D eigenvalue weighted by Gasteiger charge is 2.18. The summed E-state index contributed by atoms with van der Waals surface area (Å²) in [5, 5.41) is 13.0. The van der Waals surface area contributed by atoms with Gasteiger partial charge in [-0.3, -0.25) is 0 Å². The second-order valence-corrected chi connectivity index (χ2v) is 5.88. The number of anilines is 1. The minimum absolute atomic E-state index is 0.0984. The summed E-state index contributed by atoms with van der Waals surface area (Å²) in [4.78, 5) is 0. The monoisotopic (exact) mass is 263 g/mol. The number of nitrogens with one attached hydrogen (secondary N) is 1. The van der Waals surface area contributed by atoms with Crippen molar-refractivity contribution in [1.82, 2.24) is 0 Å². The highest BCUT2D eigenvalue weighted by Crippen LogP contribution is 2.24. The van der Waals surface area contributed by atoms with Crippen molar-refractivity contribution >= 4 is 5.69 Å². The molecule has 0 atom stereocenters. The van der Waals surface area contributed by atoms with Gasteiger partial charge in [0.05, 0.1) is 12.7 Å². The molecule has 1 saturated carbocycles. The standard InChI is InChI=1S/C16H25NO2/c1-12(2)11-19-16-5-3-4-14(10-16)17-13-6-8-15(18)9-7-13/h3-5,10,12-13,15,17-18H,6-9,11H2,1-2H3. The Morgan fingerprint density at radius 3 is 2.68 bits per heavy atom. The second-order valence-electron chi connectivity index (χ2n) is 5.88. The maximum absolute atomic E-state index is 9.51. The van der Waals surface area contributed by atoms with Crippen LogP contribution >= 0.6 is 0 Å². The zero-order valence-electron chi connectivity index (χ0n) is 11.9. The van der Waals surface area contributed by atoms with Gasteiger partial charge in [0.2, 0.25) is 0 Å². The van der Waals surface area contributed by atoms with Crippen molar-refractivity contribution in [1.29, 1.82) is 0 Å². The molecule has 0 heterocycles. The van der Waals surface area contributed by atoms with E-state index in [1.807, 2.05) is 12.1 Å². The van der Waals surface area contributed by atoms with Gasteiger partial charge in [-0.15, -0.1) is 0 Å². The first kappa shape index (κ1) is 14.2. The summed E-state index contributed by atoms with van der Waals surface area (Å²) in [6.45, 7) is 5.05. The molecule has 1 fully saturated rings. The fourth-order valence-electron chi connectivity index (χ4n) is 2.39. The number of benzene rings is 1. The molecule has 0 aromatic heterocycles. The van der Waals surface area contributed by atoms with Crippen molar-refractivity contribution in [3.63, 3.8) is 0 Å². The number of rotatable bonds is 5. The number of ether oxygens (including phenoxy) is 1. The topological polar surface area (TPSA) is 41.5 Å². The van der Waals surface area contributed by atoms with Gasteiger partial charge in [0, 0.05) is 17.8 Å². The average Bonchev–Trinajstić information content (AvgIpc) is 2.40. The van der Waals surface area contributed by atoms with Crippen LogP contribution in [0.3, 0.4) is 0 Å². The molecule has 2 rings (SSSR count). The Bertz CT molecular complexity index is 384. The number of hydrogen-bond acceptors (Lipinski definition) is 3. The fourth-order valence-corrected chi connectivity index (χ4v) is 2.39. The van der Waals surface area contributed by atoms with Crippen LogP contribution in [0, 0.1) is 5.92 Å². The summed E-state index contributed by atoms with van der Waals surface area (Å²) in [7, 11) is 0. The van der Waals surface area contributed by atoms with Crippen LogP contribution in [0.5, 0.6) is 5.75 Å². The third-order valence-electron chi connectivity index (χ3n) is 3.48. The highest BCUT2D eigenvalue weighted by molar-refractivity contribution is 5.48. The quantitative estimate of drug-likeness (QED) is 0.855. The van der Waals surface area contributed by atoms with E-state index in [2.05, 4.69) is 31.3 Å². The molecule has 0 bridgehead atoms. The van der Waals surface area contributed by atoms with Crippen LogP contribution < -0.4 is 10.1 Å². The first-order valence-electron chi connectivity index (χ1n) is 7.31. The Labute approximate surface area is 116 Å². The first-order chi connectivity index (χ1) is 9.13. The second kappa shape index (κ2) is 6.80. The van der Waals surface area contributed by atoms with E-state index in [-0.39, 0.29) is 6.10 Å². The van der Waals surface area contributed by atoms with Crippen LogP contribution in [0.4, 0.5) is 5.69 Å². The van der Waals surface area contributed by atoms with E-state index in [0.717, 1.165) is 43.7 Å². The summed E-state index contributed by atoms with van der Waals surface area (Å²) in [5.41, 5.74) is 1.11. The van der Waals surface area contributed by atoms with Crippen LogP contribution in [0.1, 0.15) is 39.5 Å². The molecule has 0 aliphatic heterocycles. The van der Waals surface area contributed by atoms with Gasteiger partial charge in [-0.05, 0) is 43.7 Å². The molecule has 3 heteroatoms. The van der Waals surface area contributed by atoms with Gasteiger partial charge in [0.25, 0.3) is 0 Å². The van der Waals surface area contributed by atoms with Gasteiger partial charge in [-0.1, -0.05) is 19.9 Å². The van der Waals surface area contributed by atoms with E-state index in [1.165, 1.54) is 0 Å². The van der Waals surface area contributed by atoms with E-state index < -0.39 is 0 Å². The summed E-state index contributed by atoms with van der Waals surface area (Å²) >= 11 is 0. The number of hydrogen-bond donors (Lipinski definition) is 2. The van der Waals surface area contributed by atoms with Crippen molar-refractivity contribution in [3.05, 3.63) is 24.3 Å². The molecule has 0 amide bonds. The molecule has 2 N–H and O–H groups in total. The minimum atomic E-state index is -0.0984. The zero-order valence-corrected chi connectivity index (χ0v) is 11.9. The lowest BCUT2D eigenvalue weighted by atomic mass is 9.93. The van der Waals surface area contributed by atoms with E-state index in [4.69, 9.17) is 4.74 Å². The molecular weight excluding hydrogens is 238 g/mol. The smallest absolute Gasteiger partial charge is 0.121 e. The Morgan fingerprint density at radius 1 is 1.26 bits per heavy atom. The molecule has 1 aliphatic carbocycles. The maximum Gasteiger partial charge on any atom is 0.121 e. The normalized spacial score (nSPS) is 23.4. The summed E-state index contributed by atoms with van der Waals surface area (Å²) in [5.74, 6) is 1.46. The van der Waals surface area contributed by atoms with E-state index in [1.54, 1.807) is 0 Å². The largest absolute Gasteiger partial charge is 0.493 e. The van der Waals surface area contributed by atoms with Gasteiger partial charge in [-0.2, -0.15) is 0 Å². The molecule has 1 aliphatic rings. The molecule has 106 valence electrons. The highest BCUT2D eigenvalue weighted by atomic mass is 16.5. The number of aliphatic hydroxyl groups excluding tert-OH is 1. The Morgan fingerprint density at radius 2 is 2.00 bits per heavy atom. The number of aliphatic hydroxyl groups is 1. The lowest BCUT2D eigenvalue weighted by Crippen LogP contribution is -2.28. The van der Waals surface area contributed by atoms with Gasteiger partial charge in [0.15, 0.2) is 0 Å². The Hall–Kier alpha value is -1.22. The molecule has 0 unspecified atom stereocenters. The Balaban J connectivity index is 1.88. The molecule has 1 aromatic carbocycles. The van der Waals surface area contributed by atoms with E-state index in [0.29, 0.717) is 12.0 Å². The fraction of sp³-hybridized carbons (Fsp3) is 0.625. The summed E-state index contributed by atoms with van der Waals surface area (Å²) in [6.07, 6.45) is 3.79. The zero-order chi connectivity index (χ0) is 13.7. The van der Waals surface area contributed by atoms with E-state index in [9.17, 15) is 5.11 Å². The summed E-state index contributed by atoms with van der Waals surface area (Å²) in [6, 6.07) is 8.64. The van der Waals surface area contributed by atoms with Crippen LogP contribution in [0.25, 0.3) is 0 Å². The molecule has 3 nitrogen and oxygen atoms in total. The van der Waals surface area contributed by atoms with Crippen LogP contribution in [-0.4, -0.2) is 23.9 Å². The molecular formula is C16H25NO2. The lowest BCUT2D eigenvalue weighted by molar-refractivity contribution is 0.126.